The summed E-state index contributed by atoms with van der Waals surface area (Å²) >= 11 is 0. The van der Waals surface area contributed by atoms with Crippen molar-refractivity contribution >= 4 is 11.0 Å². The van der Waals surface area contributed by atoms with Crippen molar-refractivity contribution in [3.8, 4) is 34.3 Å². The zero-order valence-corrected chi connectivity index (χ0v) is 22.0. The zero-order valence-electron chi connectivity index (χ0n) is 22.0. The van der Waals surface area contributed by atoms with Crippen LogP contribution in [-0.4, -0.2) is 77.1 Å². The predicted molar refractivity (Wildman–Crippen MR) is 140 cm³/mol. The highest BCUT2D eigenvalue weighted by molar-refractivity contribution is 5.88. The van der Waals surface area contributed by atoms with E-state index in [1.54, 1.807) is 0 Å². The van der Waals surface area contributed by atoms with Gasteiger partial charge in [-0.25, -0.2) is 0 Å². The van der Waals surface area contributed by atoms with Crippen molar-refractivity contribution < 1.29 is 48.9 Å². The van der Waals surface area contributed by atoms with Gasteiger partial charge in [-0.2, -0.15) is 0 Å². The summed E-state index contributed by atoms with van der Waals surface area (Å²) in [7, 11) is 2.70. The maximum atomic E-state index is 13.2. The number of fused-ring (bicyclic) bond motifs is 1. The Morgan fingerprint density at radius 2 is 1.79 bits per heavy atom. The Hall–Kier alpha value is -3.61. The second kappa shape index (κ2) is 11.6. The van der Waals surface area contributed by atoms with E-state index < -0.39 is 42.7 Å². The Morgan fingerprint density at radius 1 is 1.05 bits per heavy atom. The van der Waals surface area contributed by atoms with Crippen molar-refractivity contribution in [2.75, 3.05) is 20.8 Å². The quantitative estimate of drug-likeness (QED) is 0.264. The van der Waals surface area contributed by atoms with Crippen LogP contribution < -0.4 is 14.9 Å². The third kappa shape index (κ3) is 5.58. The van der Waals surface area contributed by atoms with Crippen molar-refractivity contribution in [1.29, 1.82) is 0 Å². The Morgan fingerprint density at radius 3 is 2.44 bits per heavy atom. The Balaban J connectivity index is 1.84. The van der Waals surface area contributed by atoms with E-state index >= 15 is 0 Å². The lowest BCUT2D eigenvalue weighted by Crippen LogP contribution is -2.60. The van der Waals surface area contributed by atoms with E-state index in [0.717, 1.165) is 5.57 Å². The fraction of sp³-hybridized carbons (Fsp3) is 0.393. The molecule has 5 N–H and O–H groups in total. The zero-order chi connectivity index (χ0) is 28.4. The number of phenols is 2. The lowest BCUT2D eigenvalue weighted by atomic mass is 9.99. The molecular weight excluding hydrogens is 512 g/mol. The molecule has 1 saturated heterocycles. The standard InChI is InChI=1S/C28H32O11/c1-13(2)5-7-15-19(38-28-26(34)25(33)27(36-4)22(12-29)39-28)11-21-23(24(15)32)17(31)10-18(37-21)14-6-8-16(30)20(9-14)35-3/h5-6,8-11,22,25-30,32-34H,7,12H2,1-4H3/t22-,25-,26-,27-,28-/m1/s1. The lowest BCUT2D eigenvalue weighted by Gasteiger charge is -2.41. The van der Waals surface area contributed by atoms with E-state index in [4.69, 9.17) is 23.4 Å². The van der Waals surface area contributed by atoms with Crippen LogP contribution in [0.25, 0.3) is 22.3 Å². The molecule has 11 heteroatoms. The normalized spacial score (nSPS) is 23.0. The molecule has 39 heavy (non-hydrogen) atoms. The summed E-state index contributed by atoms with van der Waals surface area (Å²) in [6, 6.07) is 7.04. The minimum absolute atomic E-state index is 0.0164. The topological polar surface area (TPSA) is 168 Å². The molecule has 3 aromatic rings. The van der Waals surface area contributed by atoms with Gasteiger partial charge in [-0.15, -0.1) is 0 Å². The summed E-state index contributed by atoms with van der Waals surface area (Å²) in [6.07, 6.45) is -4.44. The first-order valence-corrected chi connectivity index (χ1v) is 12.2. The van der Waals surface area contributed by atoms with E-state index in [1.807, 2.05) is 19.9 Å². The average molecular weight is 545 g/mol. The predicted octanol–water partition coefficient (Wildman–Crippen LogP) is 2.22. The van der Waals surface area contributed by atoms with Gasteiger partial charge in [-0.05, 0) is 38.5 Å². The number of ether oxygens (including phenoxy) is 4. The van der Waals surface area contributed by atoms with Gasteiger partial charge in [0.15, 0.2) is 16.9 Å². The molecule has 11 nitrogen and oxygen atoms in total. The number of hydrogen-bond acceptors (Lipinski definition) is 11. The third-order valence-electron chi connectivity index (χ3n) is 6.57. The van der Waals surface area contributed by atoms with Gasteiger partial charge in [0.05, 0.1) is 13.7 Å². The molecule has 210 valence electrons. The van der Waals surface area contributed by atoms with Crippen LogP contribution in [0.15, 0.2) is 51.2 Å². The molecular formula is C28H32O11. The smallest absolute Gasteiger partial charge is 0.229 e. The van der Waals surface area contributed by atoms with Gasteiger partial charge < -0.3 is 48.9 Å². The summed E-state index contributed by atoms with van der Waals surface area (Å²) in [6.45, 7) is 3.22. The molecule has 1 aromatic heterocycles. The number of phenolic OH excluding ortho intramolecular Hbond substituents is 2. The highest BCUT2D eigenvalue weighted by atomic mass is 16.7. The summed E-state index contributed by atoms with van der Waals surface area (Å²) in [5.74, 6) is -0.116. The summed E-state index contributed by atoms with van der Waals surface area (Å²) in [4.78, 5) is 13.2. The lowest BCUT2D eigenvalue weighted by molar-refractivity contribution is -0.282. The first-order valence-electron chi connectivity index (χ1n) is 12.2. The molecule has 1 fully saturated rings. The molecule has 0 radical (unpaired) electrons. The van der Waals surface area contributed by atoms with E-state index in [1.165, 1.54) is 44.6 Å². The maximum Gasteiger partial charge on any atom is 0.229 e. The van der Waals surface area contributed by atoms with Crippen LogP contribution in [-0.2, 0) is 15.9 Å². The van der Waals surface area contributed by atoms with Gasteiger partial charge in [-0.3, -0.25) is 4.79 Å². The SMILES string of the molecule is COc1cc(-c2cc(=O)c3c(O)c(CC=C(C)C)c(O[C@@H]4O[C@H](CO)[C@@H](OC)[C@H](O)[C@H]4O)cc3o2)ccc1O. The van der Waals surface area contributed by atoms with Crippen LogP contribution in [0.1, 0.15) is 19.4 Å². The van der Waals surface area contributed by atoms with Crippen LogP contribution in [0.4, 0.5) is 0 Å². The van der Waals surface area contributed by atoms with E-state index in [0.29, 0.717) is 5.56 Å². The maximum absolute atomic E-state index is 13.2. The van der Waals surface area contributed by atoms with Crippen LogP contribution in [0.3, 0.4) is 0 Å². The Bertz CT molecular complexity index is 1420. The van der Waals surface area contributed by atoms with Gasteiger partial charge in [0.1, 0.15) is 52.6 Å². The fourth-order valence-corrected chi connectivity index (χ4v) is 4.47. The Kier molecular flexibility index (Phi) is 8.48. The van der Waals surface area contributed by atoms with Gasteiger partial charge in [-0.1, -0.05) is 11.6 Å². The van der Waals surface area contributed by atoms with E-state index in [2.05, 4.69) is 0 Å². The number of rotatable bonds is 8. The first-order chi connectivity index (χ1) is 18.6. The van der Waals surface area contributed by atoms with Gasteiger partial charge in [0, 0.05) is 30.4 Å². The molecule has 0 amide bonds. The van der Waals surface area contributed by atoms with Gasteiger partial charge in [0.25, 0.3) is 0 Å². The number of allylic oxidation sites excluding steroid dienone is 2. The second-order valence-corrected chi connectivity index (χ2v) is 9.45. The molecule has 0 aliphatic carbocycles. The number of methoxy groups -OCH3 is 2. The molecule has 0 unspecified atom stereocenters. The van der Waals surface area contributed by atoms with Crippen LogP contribution >= 0.6 is 0 Å². The fourth-order valence-electron chi connectivity index (χ4n) is 4.47. The van der Waals surface area contributed by atoms with Crippen LogP contribution in [0, 0.1) is 0 Å². The van der Waals surface area contributed by atoms with Crippen molar-refractivity contribution in [3.05, 3.63) is 57.8 Å². The number of benzene rings is 2. The minimum atomic E-state index is -1.56. The number of hydrogen-bond donors (Lipinski definition) is 5. The van der Waals surface area contributed by atoms with Crippen molar-refractivity contribution in [2.45, 2.75) is 51.0 Å². The number of aliphatic hydroxyl groups is 3. The monoisotopic (exact) mass is 544 g/mol. The number of aliphatic hydroxyl groups excluding tert-OH is 3. The molecule has 0 bridgehead atoms. The Labute approximate surface area is 224 Å². The van der Waals surface area contributed by atoms with Gasteiger partial charge >= 0.3 is 0 Å². The molecule has 2 heterocycles. The van der Waals surface area contributed by atoms with Crippen LogP contribution in [0.2, 0.25) is 0 Å². The first kappa shape index (κ1) is 28.4. The summed E-state index contributed by atoms with van der Waals surface area (Å²) in [5, 5.41) is 52.0. The molecule has 4 rings (SSSR count). The van der Waals surface area contributed by atoms with Crippen molar-refractivity contribution in [2.24, 2.45) is 0 Å². The molecule has 0 saturated carbocycles. The van der Waals surface area contributed by atoms with E-state index in [9.17, 15) is 30.3 Å². The molecule has 0 spiro atoms. The van der Waals surface area contributed by atoms with Crippen molar-refractivity contribution in [3.63, 3.8) is 0 Å². The average Bonchev–Trinajstić information content (AvgIpc) is 2.90. The van der Waals surface area contributed by atoms with Gasteiger partial charge in [0.2, 0.25) is 6.29 Å². The number of aromatic hydroxyl groups is 2. The molecule has 1 aliphatic heterocycles. The molecule has 2 aromatic carbocycles. The van der Waals surface area contributed by atoms with Crippen molar-refractivity contribution in [1.82, 2.24) is 0 Å². The molecule has 1 aliphatic rings. The minimum Gasteiger partial charge on any atom is -0.507 e. The van der Waals surface area contributed by atoms with E-state index in [-0.39, 0.29) is 51.7 Å². The second-order valence-electron chi connectivity index (χ2n) is 9.45. The highest BCUT2D eigenvalue weighted by Crippen LogP contribution is 2.39. The largest absolute Gasteiger partial charge is 0.507 e. The molecule has 5 atom stereocenters. The third-order valence-corrected chi connectivity index (χ3v) is 6.57. The summed E-state index contributed by atoms with van der Waals surface area (Å²) in [5.41, 5.74) is 1.07. The van der Waals surface area contributed by atoms with Crippen LogP contribution in [0.5, 0.6) is 23.0 Å². The summed E-state index contributed by atoms with van der Waals surface area (Å²) < 4.78 is 27.9. The highest BCUT2D eigenvalue weighted by Gasteiger charge is 2.46.